The first-order valence-corrected chi connectivity index (χ1v) is 11.3. The van der Waals surface area contributed by atoms with Crippen molar-refractivity contribution in [2.24, 2.45) is 0 Å². The van der Waals surface area contributed by atoms with Crippen molar-refractivity contribution in [2.75, 3.05) is 0 Å². The van der Waals surface area contributed by atoms with Crippen LogP contribution in [0.4, 0.5) is 0 Å². The molecular formula is C27H24N2OS. The number of aromatic nitrogens is 2. The minimum absolute atomic E-state index is 0.00862. The van der Waals surface area contributed by atoms with E-state index in [1.165, 1.54) is 27.7 Å². The van der Waals surface area contributed by atoms with Gasteiger partial charge < -0.3 is 0 Å². The second-order valence-corrected chi connectivity index (χ2v) is 9.87. The number of fused-ring (bicyclic) bond motifs is 2. The summed E-state index contributed by atoms with van der Waals surface area (Å²) in [6.45, 7) is 7.12. The van der Waals surface area contributed by atoms with Crippen LogP contribution < -0.4 is 5.56 Å². The van der Waals surface area contributed by atoms with Crippen LogP contribution in [0, 0.1) is 0 Å². The van der Waals surface area contributed by atoms with Gasteiger partial charge in [0, 0.05) is 10.9 Å². The molecule has 2 aromatic heterocycles. The molecule has 0 radical (unpaired) electrons. The van der Waals surface area contributed by atoms with Crippen LogP contribution in [0.25, 0.3) is 32.1 Å². The van der Waals surface area contributed by atoms with Crippen LogP contribution in [-0.4, -0.2) is 9.55 Å². The standard InChI is InChI=1S/C27H24N2OS/c1-27(2,3)22-12-8-18(9-13-22)15-29-17-28-25-24(26(29)30)23(16-31-25)21-11-10-19-6-4-5-7-20(19)14-21/h4-14,16-17H,15H2,1-3H3. The third kappa shape index (κ3) is 3.68. The molecule has 154 valence electrons. The molecule has 3 nitrogen and oxygen atoms in total. The fourth-order valence-corrected chi connectivity index (χ4v) is 4.86. The van der Waals surface area contributed by atoms with Gasteiger partial charge in [-0.1, -0.05) is 81.4 Å². The topological polar surface area (TPSA) is 34.9 Å². The second-order valence-electron chi connectivity index (χ2n) is 9.02. The number of hydrogen-bond acceptors (Lipinski definition) is 3. The lowest BCUT2D eigenvalue weighted by molar-refractivity contribution is 0.589. The van der Waals surface area contributed by atoms with Crippen LogP contribution >= 0.6 is 11.3 Å². The van der Waals surface area contributed by atoms with Crippen molar-refractivity contribution < 1.29 is 0 Å². The summed E-state index contributed by atoms with van der Waals surface area (Å²) in [7, 11) is 0. The van der Waals surface area contributed by atoms with Crippen molar-refractivity contribution in [3.05, 3.63) is 99.9 Å². The van der Waals surface area contributed by atoms with Gasteiger partial charge in [0.1, 0.15) is 4.83 Å². The maximum absolute atomic E-state index is 13.4. The second kappa shape index (κ2) is 7.47. The highest BCUT2D eigenvalue weighted by Crippen LogP contribution is 2.32. The van der Waals surface area contributed by atoms with Crippen molar-refractivity contribution in [1.29, 1.82) is 0 Å². The molecule has 31 heavy (non-hydrogen) atoms. The molecule has 0 bridgehead atoms. The summed E-state index contributed by atoms with van der Waals surface area (Å²) < 4.78 is 1.71. The molecule has 3 aromatic carbocycles. The monoisotopic (exact) mass is 424 g/mol. The van der Waals surface area contributed by atoms with E-state index < -0.39 is 0 Å². The highest BCUT2D eigenvalue weighted by atomic mass is 32.1. The molecule has 0 atom stereocenters. The van der Waals surface area contributed by atoms with Gasteiger partial charge >= 0.3 is 0 Å². The summed E-state index contributed by atoms with van der Waals surface area (Å²) in [5.41, 5.74) is 4.51. The molecule has 0 amide bonds. The van der Waals surface area contributed by atoms with Gasteiger partial charge in [-0.25, -0.2) is 4.98 Å². The first-order chi connectivity index (χ1) is 14.9. The van der Waals surface area contributed by atoms with E-state index in [-0.39, 0.29) is 11.0 Å². The normalized spacial score (nSPS) is 12.0. The first-order valence-electron chi connectivity index (χ1n) is 10.5. The summed E-state index contributed by atoms with van der Waals surface area (Å²) in [6.07, 6.45) is 1.67. The Morgan fingerprint density at radius 3 is 2.42 bits per heavy atom. The number of rotatable bonds is 3. The van der Waals surface area contributed by atoms with Crippen molar-refractivity contribution in [3.63, 3.8) is 0 Å². The maximum atomic E-state index is 13.4. The lowest BCUT2D eigenvalue weighted by Crippen LogP contribution is -2.21. The molecule has 0 aliphatic carbocycles. The molecule has 5 rings (SSSR count). The van der Waals surface area contributed by atoms with Gasteiger partial charge in [0.25, 0.3) is 5.56 Å². The largest absolute Gasteiger partial charge is 0.294 e. The van der Waals surface area contributed by atoms with Gasteiger partial charge in [0.2, 0.25) is 0 Å². The number of benzene rings is 3. The fraction of sp³-hybridized carbons (Fsp3) is 0.185. The van der Waals surface area contributed by atoms with E-state index in [1.807, 2.05) is 17.5 Å². The minimum Gasteiger partial charge on any atom is -0.294 e. The van der Waals surface area contributed by atoms with E-state index >= 15 is 0 Å². The van der Waals surface area contributed by atoms with Crippen LogP contribution in [0.1, 0.15) is 31.9 Å². The summed E-state index contributed by atoms with van der Waals surface area (Å²) >= 11 is 1.52. The molecule has 0 aliphatic heterocycles. The molecule has 0 saturated carbocycles. The van der Waals surface area contributed by atoms with Crippen LogP contribution in [0.3, 0.4) is 0 Å². The quantitative estimate of drug-likeness (QED) is 0.326. The Labute approximate surface area is 185 Å². The Morgan fingerprint density at radius 2 is 1.68 bits per heavy atom. The highest BCUT2D eigenvalue weighted by molar-refractivity contribution is 7.17. The third-order valence-corrected chi connectivity index (χ3v) is 6.68. The number of nitrogens with zero attached hydrogens (tertiary/aromatic N) is 2. The van der Waals surface area contributed by atoms with E-state index in [9.17, 15) is 4.79 Å². The summed E-state index contributed by atoms with van der Waals surface area (Å²) in [5.74, 6) is 0. The van der Waals surface area contributed by atoms with E-state index in [0.717, 1.165) is 21.5 Å². The third-order valence-electron chi connectivity index (χ3n) is 5.79. The summed E-state index contributed by atoms with van der Waals surface area (Å²) in [6, 6.07) is 23.1. The molecule has 0 aliphatic rings. The maximum Gasteiger partial charge on any atom is 0.263 e. The molecule has 4 heteroatoms. The Kier molecular flexibility index (Phi) is 4.75. The summed E-state index contributed by atoms with van der Waals surface area (Å²) in [5, 5.41) is 5.11. The minimum atomic E-state index is 0.00862. The zero-order valence-corrected chi connectivity index (χ0v) is 18.7. The first kappa shape index (κ1) is 19.7. The van der Waals surface area contributed by atoms with Gasteiger partial charge in [-0.15, -0.1) is 11.3 Å². The Morgan fingerprint density at radius 1 is 0.935 bits per heavy atom. The lowest BCUT2D eigenvalue weighted by Gasteiger charge is -2.19. The average molecular weight is 425 g/mol. The van der Waals surface area contributed by atoms with Gasteiger partial charge in [0.05, 0.1) is 18.3 Å². The van der Waals surface area contributed by atoms with E-state index in [0.29, 0.717) is 11.9 Å². The lowest BCUT2D eigenvalue weighted by atomic mass is 9.87. The van der Waals surface area contributed by atoms with E-state index in [4.69, 9.17) is 0 Å². The van der Waals surface area contributed by atoms with Gasteiger partial charge in [-0.2, -0.15) is 0 Å². The zero-order chi connectivity index (χ0) is 21.6. The molecule has 2 heterocycles. The molecule has 0 saturated heterocycles. The van der Waals surface area contributed by atoms with Crippen molar-refractivity contribution in [2.45, 2.75) is 32.7 Å². The van der Waals surface area contributed by atoms with Crippen LogP contribution in [0.5, 0.6) is 0 Å². The Balaban J connectivity index is 1.55. The Bertz CT molecular complexity index is 1450. The predicted octanol–water partition coefficient (Wildman–Crippen LogP) is 6.62. The molecule has 0 N–H and O–H groups in total. The molecule has 5 aromatic rings. The Hall–Kier alpha value is -3.24. The van der Waals surface area contributed by atoms with Crippen LogP contribution in [-0.2, 0) is 12.0 Å². The van der Waals surface area contributed by atoms with Crippen molar-refractivity contribution in [1.82, 2.24) is 9.55 Å². The van der Waals surface area contributed by atoms with Gasteiger partial charge in [-0.3, -0.25) is 9.36 Å². The molecule has 0 spiro atoms. The molecular weight excluding hydrogens is 400 g/mol. The smallest absolute Gasteiger partial charge is 0.263 e. The predicted molar refractivity (Wildman–Crippen MR) is 131 cm³/mol. The number of hydrogen-bond donors (Lipinski definition) is 0. The van der Waals surface area contributed by atoms with E-state index in [2.05, 4.69) is 80.4 Å². The number of thiophene rings is 1. The van der Waals surface area contributed by atoms with Crippen molar-refractivity contribution in [3.8, 4) is 11.1 Å². The van der Waals surface area contributed by atoms with Gasteiger partial charge in [-0.05, 0) is 38.9 Å². The average Bonchev–Trinajstić information content (AvgIpc) is 3.20. The van der Waals surface area contributed by atoms with E-state index in [1.54, 1.807) is 10.9 Å². The SMILES string of the molecule is CC(C)(C)c1ccc(Cn2cnc3scc(-c4ccc5ccccc5c4)c3c2=O)cc1. The highest BCUT2D eigenvalue weighted by Gasteiger charge is 2.15. The van der Waals surface area contributed by atoms with Crippen LogP contribution in [0.2, 0.25) is 0 Å². The fourth-order valence-electron chi connectivity index (χ4n) is 3.96. The van der Waals surface area contributed by atoms with Gasteiger partial charge in [0.15, 0.2) is 0 Å². The molecule has 0 unspecified atom stereocenters. The zero-order valence-electron chi connectivity index (χ0n) is 17.9. The molecule has 0 fully saturated rings. The van der Waals surface area contributed by atoms with Crippen molar-refractivity contribution >= 4 is 32.3 Å². The van der Waals surface area contributed by atoms with Crippen LogP contribution in [0.15, 0.2) is 83.2 Å². The summed E-state index contributed by atoms with van der Waals surface area (Å²) in [4.78, 5) is 18.8.